The average molecular weight is 512 g/mol. The smallest absolute Gasteiger partial charge is 0.191 e. The van der Waals surface area contributed by atoms with Crippen molar-refractivity contribution >= 4 is 29.9 Å². The van der Waals surface area contributed by atoms with Crippen molar-refractivity contribution in [1.29, 1.82) is 0 Å². The highest BCUT2D eigenvalue weighted by molar-refractivity contribution is 14.0. The Hall–Kier alpha value is -1.68. The number of halogens is 1. The first-order valence-corrected chi connectivity index (χ1v) is 10.1. The Bertz CT molecular complexity index is 743. The summed E-state index contributed by atoms with van der Waals surface area (Å²) in [5, 5.41) is 11.2. The van der Waals surface area contributed by atoms with Crippen LogP contribution in [0.1, 0.15) is 43.2 Å². The van der Waals surface area contributed by atoms with Gasteiger partial charge < -0.3 is 15.4 Å². The minimum absolute atomic E-state index is 0. The van der Waals surface area contributed by atoms with Crippen molar-refractivity contribution in [1.82, 2.24) is 25.4 Å². The highest BCUT2D eigenvalue weighted by Gasteiger charge is 2.33. The zero-order chi connectivity index (χ0) is 19.7. The molecule has 8 heteroatoms. The molecule has 7 nitrogen and oxygen atoms in total. The van der Waals surface area contributed by atoms with Gasteiger partial charge >= 0.3 is 0 Å². The topological polar surface area (TPSA) is 76.4 Å². The van der Waals surface area contributed by atoms with Gasteiger partial charge in [-0.2, -0.15) is 5.10 Å². The Morgan fingerprint density at radius 2 is 2.03 bits per heavy atom. The van der Waals surface area contributed by atoms with Crippen LogP contribution in [0.4, 0.5) is 0 Å². The molecule has 1 aliphatic carbocycles. The Morgan fingerprint density at radius 1 is 1.24 bits per heavy atom. The molecule has 0 unspecified atom stereocenters. The van der Waals surface area contributed by atoms with Crippen molar-refractivity contribution in [2.45, 2.75) is 45.2 Å². The predicted molar refractivity (Wildman–Crippen MR) is 127 cm³/mol. The number of hydrogen-bond acceptors (Lipinski definition) is 4. The van der Waals surface area contributed by atoms with Crippen LogP contribution in [0.25, 0.3) is 0 Å². The third-order valence-corrected chi connectivity index (χ3v) is 5.62. The number of methoxy groups -OCH3 is 1. The molecule has 0 atom stereocenters. The molecule has 0 aliphatic heterocycles. The second-order valence-corrected chi connectivity index (χ2v) is 7.64. The van der Waals surface area contributed by atoms with E-state index in [0.29, 0.717) is 5.41 Å². The molecule has 29 heavy (non-hydrogen) atoms. The largest absolute Gasteiger partial charge is 0.385 e. The van der Waals surface area contributed by atoms with Crippen molar-refractivity contribution in [2.24, 2.45) is 10.4 Å². The monoisotopic (exact) mass is 512 g/mol. The number of benzene rings is 1. The van der Waals surface area contributed by atoms with Gasteiger partial charge in [0.05, 0.1) is 6.54 Å². The van der Waals surface area contributed by atoms with E-state index in [4.69, 9.17) is 4.74 Å². The molecule has 1 aliphatic rings. The molecule has 0 saturated heterocycles. The van der Waals surface area contributed by atoms with Gasteiger partial charge in [-0.15, -0.1) is 24.0 Å². The van der Waals surface area contributed by atoms with Crippen LogP contribution in [0.5, 0.6) is 0 Å². The summed E-state index contributed by atoms with van der Waals surface area (Å²) < 4.78 is 7.16. The predicted octanol–water partition coefficient (Wildman–Crippen LogP) is 3.21. The van der Waals surface area contributed by atoms with Crippen molar-refractivity contribution in [3.05, 3.63) is 48.0 Å². The molecule has 0 bridgehead atoms. The zero-order valence-corrected chi connectivity index (χ0v) is 19.8. The molecule has 160 valence electrons. The number of nitrogens with one attached hydrogen (secondary N) is 2. The van der Waals surface area contributed by atoms with Gasteiger partial charge in [0.2, 0.25) is 0 Å². The van der Waals surface area contributed by atoms with Gasteiger partial charge in [0.25, 0.3) is 0 Å². The Kier molecular flexibility index (Phi) is 9.86. The summed E-state index contributed by atoms with van der Waals surface area (Å²) in [6, 6.07) is 8.51. The number of aliphatic imine (C=N–C) groups is 1. The fourth-order valence-corrected chi connectivity index (χ4v) is 3.98. The second-order valence-electron chi connectivity index (χ2n) is 7.64. The fraction of sp³-hybridized carbons (Fsp3) is 0.571. The quantitative estimate of drug-likeness (QED) is 0.307. The highest BCUT2D eigenvalue weighted by atomic mass is 127. The van der Waals surface area contributed by atoms with E-state index in [2.05, 4.69) is 50.0 Å². The van der Waals surface area contributed by atoms with Crippen molar-refractivity contribution in [3.8, 4) is 0 Å². The molecule has 1 aromatic heterocycles. The summed E-state index contributed by atoms with van der Waals surface area (Å²) in [5.74, 6) is 0.852. The lowest BCUT2D eigenvalue weighted by Gasteiger charge is -2.30. The maximum Gasteiger partial charge on any atom is 0.191 e. The van der Waals surface area contributed by atoms with E-state index >= 15 is 0 Å². The Balaban J connectivity index is 0.00000300. The van der Waals surface area contributed by atoms with E-state index in [9.17, 15) is 0 Å². The van der Waals surface area contributed by atoms with Crippen LogP contribution in [0.15, 0.2) is 41.9 Å². The lowest BCUT2D eigenvalue weighted by molar-refractivity contribution is 0.138. The Labute approximate surface area is 190 Å². The number of nitrogens with zero attached hydrogens (tertiary/aromatic N) is 4. The molecule has 1 saturated carbocycles. The molecule has 0 radical (unpaired) electrons. The number of guanidine groups is 1. The first-order valence-electron chi connectivity index (χ1n) is 10.1. The van der Waals surface area contributed by atoms with E-state index in [1.807, 2.05) is 11.7 Å². The average Bonchev–Trinajstić information content (AvgIpc) is 3.40. The summed E-state index contributed by atoms with van der Waals surface area (Å²) >= 11 is 0. The zero-order valence-electron chi connectivity index (χ0n) is 17.4. The van der Waals surface area contributed by atoms with Crippen LogP contribution < -0.4 is 10.6 Å². The fourth-order valence-electron chi connectivity index (χ4n) is 3.98. The molecule has 0 spiro atoms. The van der Waals surface area contributed by atoms with Crippen molar-refractivity contribution in [2.75, 3.05) is 27.3 Å². The van der Waals surface area contributed by atoms with Gasteiger partial charge in [0.1, 0.15) is 12.7 Å². The first-order chi connectivity index (χ1) is 13.7. The molecule has 1 aromatic carbocycles. The third kappa shape index (κ3) is 7.26. The van der Waals surface area contributed by atoms with Gasteiger partial charge in [-0.25, -0.2) is 9.67 Å². The van der Waals surface area contributed by atoms with E-state index < -0.39 is 0 Å². The standard InChI is InChI=1S/C21H32N6O.HI/c1-22-20(25-15-21(10-11-28-2)8-3-4-9-21)24-13-18-6-5-7-19(12-18)14-27-17-23-16-26-27;/h5-7,12,16-17H,3-4,8-11,13-15H2,1-2H3,(H2,22,24,25);1H. The minimum Gasteiger partial charge on any atom is -0.385 e. The summed E-state index contributed by atoms with van der Waals surface area (Å²) in [6.45, 7) is 3.23. The summed E-state index contributed by atoms with van der Waals surface area (Å²) in [4.78, 5) is 8.40. The van der Waals surface area contributed by atoms with E-state index in [-0.39, 0.29) is 24.0 Å². The van der Waals surface area contributed by atoms with E-state index in [1.165, 1.54) is 36.8 Å². The maximum atomic E-state index is 5.33. The van der Waals surface area contributed by atoms with Crippen LogP contribution in [-0.2, 0) is 17.8 Å². The number of aromatic nitrogens is 3. The molecule has 0 amide bonds. The number of hydrogen-bond donors (Lipinski definition) is 2. The molecular formula is C21H33IN6O. The van der Waals surface area contributed by atoms with E-state index in [1.54, 1.807) is 19.8 Å². The van der Waals surface area contributed by atoms with Crippen molar-refractivity contribution in [3.63, 3.8) is 0 Å². The van der Waals surface area contributed by atoms with Crippen LogP contribution >= 0.6 is 24.0 Å². The molecule has 1 heterocycles. The minimum atomic E-state index is 0. The van der Waals surface area contributed by atoms with Crippen LogP contribution in [0.2, 0.25) is 0 Å². The molecule has 1 fully saturated rings. The molecule has 2 N–H and O–H groups in total. The first kappa shape index (κ1) is 23.6. The highest BCUT2D eigenvalue weighted by Crippen LogP contribution is 2.40. The van der Waals surface area contributed by atoms with Crippen LogP contribution in [-0.4, -0.2) is 48.0 Å². The molecule has 2 aromatic rings. The Morgan fingerprint density at radius 3 is 2.72 bits per heavy atom. The molecule has 3 rings (SSSR count). The summed E-state index contributed by atoms with van der Waals surface area (Å²) in [6.07, 6.45) is 9.57. The summed E-state index contributed by atoms with van der Waals surface area (Å²) in [7, 11) is 3.61. The van der Waals surface area contributed by atoms with Crippen molar-refractivity contribution < 1.29 is 4.74 Å². The number of rotatable bonds is 9. The van der Waals surface area contributed by atoms with Crippen LogP contribution in [0, 0.1) is 5.41 Å². The van der Waals surface area contributed by atoms with Gasteiger partial charge in [-0.3, -0.25) is 4.99 Å². The summed E-state index contributed by atoms with van der Waals surface area (Å²) in [5.41, 5.74) is 2.76. The SMILES string of the molecule is CN=C(NCc1cccc(Cn2cncn2)c1)NCC1(CCOC)CCCC1.I. The van der Waals surface area contributed by atoms with Gasteiger partial charge in [-0.05, 0) is 35.8 Å². The second kappa shape index (κ2) is 12.1. The number of ether oxygens (including phenoxy) is 1. The van der Waals surface area contributed by atoms with Gasteiger partial charge in [0, 0.05) is 33.9 Å². The van der Waals surface area contributed by atoms with Gasteiger partial charge in [-0.1, -0.05) is 37.1 Å². The maximum absolute atomic E-state index is 5.33. The van der Waals surface area contributed by atoms with Gasteiger partial charge in [0.15, 0.2) is 5.96 Å². The molecular weight excluding hydrogens is 479 g/mol. The lowest BCUT2D eigenvalue weighted by Crippen LogP contribution is -2.43. The van der Waals surface area contributed by atoms with E-state index in [0.717, 1.165) is 38.6 Å². The van der Waals surface area contributed by atoms with Crippen LogP contribution in [0.3, 0.4) is 0 Å². The lowest BCUT2D eigenvalue weighted by atomic mass is 9.83. The normalized spacial score (nSPS) is 15.7. The third-order valence-electron chi connectivity index (χ3n) is 5.62.